The molecule has 0 unspecified atom stereocenters. The van der Waals surface area contributed by atoms with Crippen LogP contribution in [0.4, 0.5) is 17.6 Å². The number of aromatic nitrogens is 1. The van der Waals surface area contributed by atoms with Gasteiger partial charge in [0.05, 0.1) is 5.02 Å². The van der Waals surface area contributed by atoms with E-state index in [0.29, 0.717) is 0 Å². The highest BCUT2D eigenvalue weighted by atomic mass is 35.5. The van der Waals surface area contributed by atoms with E-state index in [1.165, 1.54) is 0 Å². The summed E-state index contributed by atoms with van der Waals surface area (Å²) >= 11 is 5.13. The van der Waals surface area contributed by atoms with Gasteiger partial charge < -0.3 is 0 Å². The van der Waals surface area contributed by atoms with Gasteiger partial charge in [-0.2, -0.15) is 17.6 Å². The molecule has 0 atom stereocenters. The van der Waals surface area contributed by atoms with E-state index < -0.39 is 22.8 Å². The maximum Gasteiger partial charge on any atom is 0.434 e. The molecule has 1 heterocycles. The summed E-state index contributed by atoms with van der Waals surface area (Å²) < 4.78 is 48.0. The minimum absolute atomic E-state index is 0.607. The van der Waals surface area contributed by atoms with Gasteiger partial charge in [-0.3, -0.25) is 0 Å². The Morgan fingerprint density at radius 2 is 1.83 bits per heavy atom. The van der Waals surface area contributed by atoms with E-state index in [2.05, 4.69) is 4.98 Å². The second kappa shape index (κ2) is 2.90. The van der Waals surface area contributed by atoms with Crippen molar-refractivity contribution >= 4 is 11.6 Å². The molecule has 0 fully saturated rings. The lowest BCUT2D eigenvalue weighted by molar-refractivity contribution is -0.141. The molecule has 0 saturated carbocycles. The monoisotopic (exact) mass is 199 g/mol. The molecule has 1 aromatic rings. The van der Waals surface area contributed by atoms with Crippen LogP contribution in [0, 0.1) is 5.95 Å². The Labute approximate surface area is 70.0 Å². The first-order chi connectivity index (χ1) is 5.41. The Morgan fingerprint density at radius 1 is 1.25 bits per heavy atom. The van der Waals surface area contributed by atoms with Gasteiger partial charge in [-0.1, -0.05) is 11.6 Å². The highest BCUT2D eigenvalue weighted by Crippen LogP contribution is 2.32. The quantitative estimate of drug-likeness (QED) is 0.463. The molecule has 6 heteroatoms. The van der Waals surface area contributed by atoms with Crippen LogP contribution in [0.2, 0.25) is 5.02 Å². The third-order valence-corrected chi connectivity index (χ3v) is 1.39. The molecule has 1 rings (SSSR count). The van der Waals surface area contributed by atoms with Gasteiger partial charge in [-0.25, -0.2) is 4.98 Å². The van der Waals surface area contributed by atoms with Gasteiger partial charge in [-0.05, 0) is 12.1 Å². The van der Waals surface area contributed by atoms with Gasteiger partial charge in [0.15, 0.2) is 5.69 Å². The highest BCUT2D eigenvalue weighted by Gasteiger charge is 2.35. The van der Waals surface area contributed by atoms with Crippen LogP contribution in [0.25, 0.3) is 0 Å². The second-order valence-corrected chi connectivity index (χ2v) is 2.37. The normalized spacial score (nSPS) is 11.8. The summed E-state index contributed by atoms with van der Waals surface area (Å²) in [5.41, 5.74) is -1.40. The number of nitrogens with zero attached hydrogens (tertiary/aromatic N) is 1. The van der Waals surface area contributed by atoms with Crippen molar-refractivity contribution in [1.82, 2.24) is 4.98 Å². The SMILES string of the molecule is Fc1ccc(Cl)c(C(F)(F)F)n1. The Hall–Kier alpha value is -0.840. The van der Waals surface area contributed by atoms with Crippen molar-refractivity contribution in [1.29, 1.82) is 0 Å². The third-order valence-electron chi connectivity index (χ3n) is 1.08. The van der Waals surface area contributed by atoms with Crippen molar-refractivity contribution in [3.05, 3.63) is 28.8 Å². The van der Waals surface area contributed by atoms with E-state index in [4.69, 9.17) is 11.6 Å². The number of alkyl halides is 3. The van der Waals surface area contributed by atoms with Crippen molar-refractivity contribution < 1.29 is 17.6 Å². The Morgan fingerprint density at radius 3 is 2.25 bits per heavy atom. The molecular formula is C6H2ClF4N. The van der Waals surface area contributed by atoms with E-state index in [1.807, 2.05) is 0 Å². The molecule has 0 aliphatic heterocycles. The Kier molecular flexibility index (Phi) is 2.23. The van der Waals surface area contributed by atoms with Crippen molar-refractivity contribution in [2.45, 2.75) is 6.18 Å². The van der Waals surface area contributed by atoms with Crippen LogP contribution >= 0.6 is 11.6 Å². The molecule has 0 aliphatic rings. The lowest BCUT2D eigenvalue weighted by Crippen LogP contribution is -2.09. The molecule has 0 saturated heterocycles. The summed E-state index contributed by atoms with van der Waals surface area (Å²) in [6, 6.07) is 1.57. The van der Waals surface area contributed by atoms with Crippen molar-refractivity contribution in [2.24, 2.45) is 0 Å². The second-order valence-electron chi connectivity index (χ2n) is 1.96. The van der Waals surface area contributed by atoms with Crippen LogP contribution in [0.3, 0.4) is 0 Å². The van der Waals surface area contributed by atoms with Gasteiger partial charge in [-0.15, -0.1) is 0 Å². The molecule has 0 N–H and O–H groups in total. The highest BCUT2D eigenvalue weighted by molar-refractivity contribution is 6.31. The fraction of sp³-hybridized carbons (Fsp3) is 0.167. The van der Waals surface area contributed by atoms with Crippen LogP contribution in [0.1, 0.15) is 5.69 Å². The fourth-order valence-corrected chi connectivity index (χ4v) is 0.830. The van der Waals surface area contributed by atoms with Gasteiger partial charge in [0.2, 0.25) is 5.95 Å². The van der Waals surface area contributed by atoms with Crippen LogP contribution in [-0.2, 0) is 6.18 Å². The van der Waals surface area contributed by atoms with Crippen molar-refractivity contribution in [3.8, 4) is 0 Å². The van der Waals surface area contributed by atoms with Crippen LogP contribution in [0.5, 0.6) is 0 Å². The number of hydrogen-bond acceptors (Lipinski definition) is 1. The zero-order valence-corrected chi connectivity index (χ0v) is 6.25. The average Bonchev–Trinajstić information content (AvgIpc) is 1.92. The molecule has 0 radical (unpaired) electrons. The fourth-order valence-electron chi connectivity index (χ4n) is 0.617. The minimum atomic E-state index is -4.71. The molecule has 1 nitrogen and oxygen atoms in total. The predicted molar refractivity (Wildman–Crippen MR) is 34.2 cm³/mol. The average molecular weight is 200 g/mol. The molecule has 12 heavy (non-hydrogen) atoms. The molecule has 0 bridgehead atoms. The van der Waals surface area contributed by atoms with E-state index in [0.717, 1.165) is 12.1 Å². The van der Waals surface area contributed by atoms with E-state index in [-0.39, 0.29) is 0 Å². The topological polar surface area (TPSA) is 12.9 Å². The summed E-state index contributed by atoms with van der Waals surface area (Å²) in [6.07, 6.45) is -4.71. The van der Waals surface area contributed by atoms with Gasteiger partial charge in [0.1, 0.15) is 0 Å². The zero-order chi connectivity index (χ0) is 9.35. The molecule has 66 valence electrons. The lowest BCUT2D eigenvalue weighted by atomic mass is 10.3. The van der Waals surface area contributed by atoms with Crippen molar-refractivity contribution in [3.63, 3.8) is 0 Å². The Bertz CT molecular complexity index is 296. The van der Waals surface area contributed by atoms with Gasteiger partial charge in [0, 0.05) is 0 Å². The Balaban J connectivity index is 3.23. The van der Waals surface area contributed by atoms with Gasteiger partial charge >= 0.3 is 6.18 Å². The molecule has 1 aromatic heterocycles. The largest absolute Gasteiger partial charge is 0.434 e. The third kappa shape index (κ3) is 1.85. The molecule has 0 aromatic carbocycles. The van der Waals surface area contributed by atoms with Crippen LogP contribution in [0.15, 0.2) is 12.1 Å². The summed E-state index contributed by atoms with van der Waals surface area (Å²) in [5, 5.41) is -0.607. The predicted octanol–water partition coefficient (Wildman–Crippen LogP) is 2.89. The van der Waals surface area contributed by atoms with Crippen LogP contribution < -0.4 is 0 Å². The lowest BCUT2D eigenvalue weighted by Gasteiger charge is -2.06. The number of rotatable bonds is 0. The smallest absolute Gasteiger partial charge is 0.214 e. The van der Waals surface area contributed by atoms with E-state index >= 15 is 0 Å². The zero-order valence-electron chi connectivity index (χ0n) is 5.49. The first-order valence-corrected chi connectivity index (χ1v) is 3.18. The molecule has 0 amide bonds. The summed E-state index contributed by atoms with van der Waals surface area (Å²) in [4.78, 5) is 2.62. The first-order valence-electron chi connectivity index (χ1n) is 2.80. The number of pyridine rings is 1. The van der Waals surface area contributed by atoms with E-state index in [1.54, 1.807) is 0 Å². The summed E-state index contributed by atoms with van der Waals surface area (Å²) in [5.74, 6) is -1.20. The van der Waals surface area contributed by atoms with E-state index in [9.17, 15) is 17.6 Å². The number of hydrogen-bond donors (Lipinski definition) is 0. The van der Waals surface area contributed by atoms with Crippen molar-refractivity contribution in [2.75, 3.05) is 0 Å². The maximum absolute atomic E-state index is 12.2. The number of halogens is 5. The molecule has 0 spiro atoms. The minimum Gasteiger partial charge on any atom is -0.214 e. The first kappa shape index (κ1) is 9.25. The maximum atomic E-state index is 12.2. The molecule has 0 aliphatic carbocycles. The standard InChI is InChI=1S/C6H2ClF4N/c7-3-1-2-4(8)12-5(3)6(9,10)11/h1-2H. The summed E-state index contributed by atoms with van der Waals surface area (Å²) in [7, 11) is 0. The van der Waals surface area contributed by atoms with Crippen LogP contribution in [-0.4, -0.2) is 4.98 Å². The molecular weight excluding hydrogens is 198 g/mol. The van der Waals surface area contributed by atoms with Gasteiger partial charge in [0.25, 0.3) is 0 Å². The summed E-state index contributed by atoms with van der Waals surface area (Å²) in [6.45, 7) is 0.